The van der Waals surface area contributed by atoms with Gasteiger partial charge in [-0.05, 0) is 104 Å². The van der Waals surface area contributed by atoms with Crippen LogP contribution in [0.3, 0.4) is 0 Å². The van der Waals surface area contributed by atoms with Gasteiger partial charge >= 0.3 is 0 Å². The fourth-order valence-corrected chi connectivity index (χ4v) is 9.16. The molecule has 7 atom stereocenters. The number of fused-ring (bicyclic) bond motifs is 7. The first-order chi connectivity index (χ1) is 16.2. The van der Waals surface area contributed by atoms with E-state index in [0.29, 0.717) is 17.3 Å². The van der Waals surface area contributed by atoms with Crippen LogP contribution < -0.4 is 0 Å². The molecule has 188 valence electrons. The highest BCUT2D eigenvalue weighted by atomic mass is 16.3. The molecule has 2 N–H and O–H groups in total. The fraction of sp³-hybridized carbons (Fsp3) is 0.677. The maximum atomic E-state index is 12.7. The van der Waals surface area contributed by atoms with E-state index in [1.54, 1.807) is 13.0 Å². The standard InChI is InChI=1S/C31H41NO3/c1-18-25-20(17-32)14-23-29(5,21(25)15-22(34)26(18)35)11-13-31(7)24-16-28(4,19(2)33)9-8-27(24,3)10-12-30(23,31)6/h14-15,20,24,34-35H,8-13,16H2,1-7H3/t20?,24-,27-,28-,29+,30-,31+/m1/s1. The van der Waals surface area contributed by atoms with Crippen LogP contribution in [-0.2, 0) is 10.2 Å². The smallest absolute Gasteiger partial charge is 0.160 e. The van der Waals surface area contributed by atoms with Crippen LogP contribution in [0.5, 0.6) is 11.5 Å². The van der Waals surface area contributed by atoms with Gasteiger partial charge in [0.2, 0.25) is 0 Å². The maximum Gasteiger partial charge on any atom is 0.160 e. The Morgan fingerprint density at radius 3 is 2.31 bits per heavy atom. The summed E-state index contributed by atoms with van der Waals surface area (Å²) in [5.74, 6) is 0.104. The average molecular weight is 476 g/mol. The van der Waals surface area contributed by atoms with E-state index in [2.05, 4.69) is 46.8 Å². The predicted octanol–water partition coefficient (Wildman–Crippen LogP) is 7.21. The number of Topliss-reactive ketones (excluding diaryl/α,β-unsaturated/α-hetero) is 1. The van der Waals surface area contributed by atoms with E-state index in [0.717, 1.165) is 56.1 Å². The van der Waals surface area contributed by atoms with Gasteiger partial charge in [0, 0.05) is 10.8 Å². The minimum atomic E-state index is -0.444. The molecule has 4 aliphatic rings. The van der Waals surface area contributed by atoms with Crippen molar-refractivity contribution >= 4 is 5.78 Å². The lowest BCUT2D eigenvalue weighted by atomic mass is 9.34. The van der Waals surface area contributed by atoms with Crippen molar-refractivity contribution < 1.29 is 15.0 Å². The largest absolute Gasteiger partial charge is 0.504 e. The number of carbonyl (C=O) groups excluding carboxylic acids is 1. The highest BCUT2D eigenvalue weighted by Gasteiger charge is 2.67. The van der Waals surface area contributed by atoms with E-state index in [-0.39, 0.29) is 38.6 Å². The Labute approximate surface area is 210 Å². The van der Waals surface area contributed by atoms with Gasteiger partial charge < -0.3 is 10.2 Å². The normalized spacial score (nSPS) is 44.1. The summed E-state index contributed by atoms with van der Waals surface area (Å²) in [5.41, 5.74) is 3.42. The zero-order chi connectivity index (χ0) is 25.8. The second kappa shape index (κ2) is 7.15. The maximum absolute atomic E-state index is 12.7. The fourth-order valence-electron chi connectivity index (χ4n) is 9.16. The van der Waals surface area contributed by atoms with Gasteiger partial charge in [-0.25, -0.2) is 0 Å². The zero-order valence-electron chi connectivity index (χ0n) is 22.5. The van der Waals surface area contributed by atoms with Crippen LogP contribution in [0.4, 0.5) is 0 Å². The third-order valence-corrected chi connectivity index (χ3v) is 12.1. The van der Waals surface area contributed by atoms with E-state index >= 15 is 0 Å². The van der Waals surface area contributed by atoms with E-state index in [4.69, 9.17) is 0 Å². The molecule has 0 radical (unpaired) electrons. The number of allylic oxidation sites excluding steroid dienone is 2. The van der Waals surface area contributed by atoms with E-state index < -0.39 is 5.92 Å². The average Bonchev–Trinajstić information content (AvgIpc) is 2.80. The summed E-state index contributed by atoms with van der Waals surface area (Å²) in [4.78, 5) is 12.7. The number of hydrogen-bond acceptors (Lipinski definition) is 4. The van der Waals surface area contributed by atoms with Crippen LogP contribution in [0.2, 0.25) is 0 Å². The molecule has 4 aliphatic carbocycles. The number of phenolic OH excluding ortho intramolecular Hbond substituents is 2. The molecule has 0 saturated heterocycles. The summed E-state index contributed by atoms with van der Waals surface area (Å²) in [6, 6.07) is 4.22. The first-order valence-corrected chi connectivity index (χ1v) is 13.4. The summed E-state index contributed by atoms with van der Waals surface area (Å²) in [5, 5.41) is 31.3. The Morgan fingerprint density at radius 1 is 1.03 bits per heavy atom. The molecular weight excluding hydrogens is 434 g/mol. The Morgan fingerprint density at radius 2 is 1.69 bits per heavy atom. The number of carbonyl (C=O) groups is 1. The van der Waals surface area contributed by atoms with Crippen LogP contribution in [0.15, 0.2) is 17.7 Å². The minimum absolute atomic E-state index is 0.0218. The van der Waals surface area contributed by atoms with Crippen molar-refractivity contribution in [1.29, 1.82) is 5.26 Å². The molecule has 0 aromatic heterocycles. The second-order valence-electron chi connectivity index (χ2n) is 13.6. The van der Waals surface area contributed by atoms with Crippen molar-refractivity contribution in [2.75, 3.05) is 0 Å². The number of hydrogen-bond donors (Lipinski definition) is 2. The van der Waals surface area contributed by atoms with Crippen molar-refractivity contribution in [3.63, 3.8) is 0 Å². The molecule has 1 aromatic carbocycles. The van der Waals surface area contributed by atoms with Crippen molar-refractivity contribution in [1.82, 2.24) is 0 Å². The Kier molecular flexibility index (Phi) is 4.99. The predicted molar refractivity (Wildman–Crippen MR) is 137 cm³/mol. The second-order valence-corrected chi connectivity index (χ2v) is 13.6. The quantitative estimate of drug-likeness (QED) is 0.332. The molecule has 3 saturated carbocycles. The molecule has 0 bridgehead atoms. The Hall–Kier alpha value is -2.28. The van der Waals surface area contributed by atoms with Crippen LogP contribution in [0, 0.1) is 45.8 Å². The molecule has 1 unspecified atom stereocenters. The number of nitrogens with zero attached hydrogens (tertiary/aromatic N) is 1. The number of ketones is 1. The number of benzene rings is 1. The van der Waals surface area contributed by atoms with Crippen LogP contribution in [0.1, 0.15) is 109 Å². The molecule has 0 amide bonds. The van der Waals surface area contributed by atoms with Crippen molar-refractivity contribution in [2.24, 2.45) is 27.6 Å². The van der Waals surface area contributed by atoms with Gasteiger partial charge in [0.05, 0.1) is 12.0 Å². The van der Waals surface area contributed by atoms with Gasteiger partial charge in [-0.1, -0.05) is 46.3 Å². The number of nitriles is 1. The van der Waals surface area contributed by atoms with Crippen LogP contribution in [0.25, 0.3) is 0 Å². The van der Waals surface area contributed by atoms with Gasteiger partial charge in [0.25, 0.3) is 0 Å². The molecule has 0 aliphatic heterocycles. The molecular formula is C31H41NO3. The van der Waals surface area contributed by atoms with Crippen LogP contribution in [-0.4, -0.2) is 16.0 Å². The van der Waals surface area contributed by atoms with E-state index in [1.807, 2.05) is 6.92 Å². The lowest BCUT2D eigenvalue weighted by Gasteiger charge is -2.70. The SMILES string of the molecule is CC(=O)[C@]1(C)CC[C@]2(C)CC[C@]3(C)C4=CC(C#N)c5c(cc(O)c(O)c5C)[C@]4(C)CC[C@@]3(C)[C@@H]2C1. The van der Waals surface area contributed by atoms with Crippen LogP contribution >= 0.6 is 0 Å². The summed E-state index contributed by atoms with van der Waals surface area (Å²) in [6.45, 7) is 15.4. The highest BCUT2D eigenvalue weighted by Crippen LogP contribution is 2.75. The first-order valence-electron chi connectivity index (χ1n) is 13.4. The monoisotopic (exact) mass is 475 g/mol. The minimum Gasteiger partial charge on any atom is -0.504 e. The van der Waals surface area contributed by atoms with Crippen molar-refractivity contribution in [3.05, 3.63) is 34.4 Å². The molecule has 3 fully saturated rings. The number of aromatic hydroxyl groups is 2. The third-order valence-electron chi connectivity index (χ3n) is 12.1. The Balaban J connectivity index is 1.69. The number of phenols is 2. The molecule has 35 heavy (non-hydrogen) atoms. The summed E-state index contributed by atoms with van der Waals surface area (Å²) >= 11 is 0. The number of rotatable bonds is 1. The topological polar surface area (TPSA) is 81.3 Å². The van der Waals surface area contributed by atoms with Crippen molar-refractivity contribution in [2.45, 2.75) is 105 Å². The highest BCUT2D eigenvalue weighted by molar-refractivity contribution is 5.82. The first kappa shape index (κ1) is 24.4. The van der Waals surface area contributed by atoms with E-state index in [9.17, 15) is 20.3 Å². The van der Waals surface area contributed by atoms with Gasteiger partial charge in [0.15, 0.2) is 11.5 Å². The zero-order valence-corrected chi connectivity index (χ0v) is 22.5. The summed E-state index contributed by atoms with van der Waals surface area (Å²) in [7, 11) is 0. The molecule has 0 heterocycles. The van der Waals surface area contributed by atoms with Gasteiger partial charge in [-0.15, -0.1) is 0 Å². The molecule has 5 rings (SSSR count). The lowest BCUT2D eigenvalue weighted by molar-refractivity contribution is -0.165. The molecule has 4 nitrogen and oxygen atoms in total. The molecule has 0 spiro atoms. The molecule has 1 aromatic rings. The van der Waals surface area contributed by atoms with Gasteiger partial charge in [-0.2, -0.15) is 5.26 Å². The lowest BCUT2D eigenvalue weighted by Crippen LogP contribution is -2.62. The van der Waals surface area contributed by atoms with Gasteiger partial charge in [0.1, 0.15) is 5.78 Å². The van der Waals surface area contributed by atoms with E-state index in [1.165, 1.54) is 5.57 Å². The van der Waals surface area contributed by atoms with Gasteiger partial charge in [-0.3, -0.25) is 4.79 Å². The summed E-state index contributed by atoms with van der Waals surface area (Å²) < 4.78 is 0. The third kappa shape index (κ3) is 2.87. The Bertz CT molecular complexity index is 1210. The molecule has 4 heteroatoms. The van der Waals surface area contributed by atoms with Crippen molar-refractivity contribution in [3.8, 4) is 17.6 Å². The summed E-state index contributed by atoms with van der Waals surface area (Å²) in [6.07, 6.45) is 9.42.